The van der Waals surface area contributed by atoms with Gasteiger partial charge in [-0.15, -0.1) is 0 Å². The van der Waals surface area contributed by atoms with Gasteiger partial charge in [0.05, 0.1) is 17.5 Å². The molecule has 8 heteroatoms. The molecule has 172 valence electrons. The average Bonchev–Trinajstić information content (AvgIpc) is 2.92. The molecular weight excluding hydrogens is 460 g/mol. The van der Waals surface area contributed by atoms with Crippen LogP contribution in [0.4, 0.5) is 5.69 Å². The van der Waals surface area contributed by atoms with Crippen LogP contribution in [0.25, 0.3) is 0 Å². The van der Waals surface area contributed by atoms with Crippen LogP contribution in [0.1, 0.15) is 37.4 Å². The second-order valence-corrected chi connectivity index (χ2v) is 10.1. The zero-order valence-electron chi connectivity index (χ0n) is 18.4. The number of amides is 1. The van der Waals surface area contributed by atoms with Crippen molar-refractivity contribution in [2.45, 2.75) is 43.9 Å². The first kappa shape index (κ1) is 23.1. The van der Waals surface area contributed by atoms with Gasteiger partial charge in [-0.1, -0.05) is 48.9 Å². The van der Waals surface area contributed by atoms with E-state index in [9.17, 15) is 13.2 Å². The third-order valence-electron chi connectivity index (χ3n) is 5.66. The van der Waals surface area contributed by atoms with Gasteiger partial charge in [0.15, 0.2) is 6.10 Å². The standard InChI is InChI=1S/C25H25ClN2O4S/c1-3-23(18-7-5-4-6-8-18)28-16-19-15-21(11-14-24(19)32-17(2)25(28)29)27-33(30,31)22-12-9-20(26)10-13-22/h4-15,17,23,27H,3,16H2,1-2H3/t17-,23+/m0/s1. The normalized spacial score (nSPS) is 17.0. The van der Waals surface area contributed by atoms with Crippen LogP contribution < -0.4 is 9.46 Å². The summed E-state index contributed by atoms with van der Waals surface area (Å²) in [5.41, 5.74) is 2.17. The predicted molar refractivity (Wildman–Crippen MR) is 129 cm³/mol. The second-order valence-electron chi connectivity index (χ2n) is 7.94. The van der Waals surface area contributed by atoms with Gasteiger partial charge < -0.3 is 9.64 Å². The number of rotatable bonds is 6. The van der Waals surface area contributed by atoms with Gasteiger partial charge in [0, 0.05) is 16.3 Å². The van der Waals surface area contributed by atoms with Crippen molar-refractivity contribution in [3.63, 3.8) is 0 Å². The van der Waals surface area contributed by atoms with Crippen LogP contribution >= 0.6 is 11.6 Å². The molecule has 1 heterocycles. The molecule has 1 aliphatic rings. The van der Waals surface area contributed by atoms with Crippen molar-refractivity contribution in [3.8, 4) is 5.75 Å². The predicted octanol–water partition coefficient (Wildman–Crippen LogP) is 5.40. The molecule has 33 heavy (non-hydrogen) atoms. The lowest BCUT2D eigenvalue weighted by Crippen LogP contribution is -2.40. The highest BCUT2D eigenvalue weighted by atomic mass is 35.5. The summed E-state index contributed by atoms with van der Waals surface area (Å²) in [6.45, 7) is 4.08. The maximum Gasteiger partial charge on any atom is 0.264 e. The first-order valence-electron chi connectivity index (χ1n) is 10.7. The largest absolute Gasteiger partial charge is 0.481 e. The molecule has 1 aliphatic heterocycles. The molecule has 0 bridgehead atoms. The first-order chi connectivity index (χ1) is 15.8. The van der Waals surface area contributed by atoms with Crippen molar-refractivity contribution in [1.29, 1.82) is 0 Å². The minimum absolute atomic E-state index is 0.106. The maximum absolute atomic E-state index is 13.2. The minimum Gasteiger partial charge on any atom is -0.481 e. The van der Waals surface area contributed by atoms with Gasteiger partial charge in [0.1, 0.15) is 5.75 Å². The van der Waals surface area contributed by atoms with Crippen LogP contribution in [0.2, 0.25) is 5.02 Å². The minimum atomic E-state index is -3.79. The second kappa shape index (κ2) is 9.45. The molecule has 0 saturated carbocycles. The lowest BCUT2D eigenvalue weighted by molar-refractivity contribution is -0.140. The molecule has 0 radical (unpaired) electrons. The Kier molecular flexibility index (Phi) is 6.63. The van der Waals surface area contributed by atoms with Crippen molar-refractivity contribution in [2.75, 3.05) is 4.72 Å². The fourth-order valence-electron chi connectivity index (χ4n) is 4.02. The fraction of sp³-hybridized carbons (Fsp3) is 0.240. The Labute approximate surface area is 199 Å². The molecule has 0 spiro atoms. The average molecular weight is 485 g/mol. The lowest BCUT2D eigenvalue weighted by atomic mass is 10.0. The zero-order chi connectivity index (χ0) is 23.6. The number of nitrogens with zero attached hydrogens (tertiary/aromatic N) is 1. The van der Waals surface area contributed by atoms with Gasteiger partial charge in [-0.3, -0.25) is 9.52 Å². The van der Waals surface area contributed by atoms with Crippen LogP contribution in [0.15, 0.2) is 77.7 Å². The number of anilines is 1. The summed E-state index contributed by atoms with van der Waals surface area (Å²) in [6, 6.07) is 20.8. The monoisotopic (exact) mass is 484 g/mol. The Bertz CT molecular complexity index is 1250. The molecule has 0 aliphatic carbocycles. The molecule has 0 saturated heterocycles. The highest BCUT2D eigenvalue weighted by Crippen LogP contribution is 2.34. The van der Waals surface area contributed by atoms with Crippen LogP contribution in [0, 0.1) is 0 Å². The van der Waals surface area contributed by atoms with E-state index in [2.05, 4.69) is 4.72 Å². The maximum atomic E-state index is 13.2. The van der Waals surface area contributed by atoms with E-state index >= 15 is 0 Å². The molecule has 3 aromatic carbocycles. The van der Waals surface area contributed by atoms with Gasteiger partial charge in [-0.25, -0.2) is 8.42 Å². The number of hydrogen-bond acceptors (Lipinski definition) is 4. The highest BCUT2D eigenvalue weighted by Gasteiger charge is 2.33. The number of nitrogens with one attached hydrogen (secondary N) is 1. The van der Waals surface area contributed by atoms with E-state index in [1.165, 1.54) is 24.3 Å². The molecule has 1 amide bonds. The molecule has 3 aromatic rings. The summed E-state index contributed by atoms with van der Waals surface area (Å²) >= 11 is 5.87. The number of hydrogen-bond donors (Lipinski definition) is 1. The van der Waals surface area contributed by atoms with E-state index in [1.807, 2.05) is 42.2 Å². The third kappa shape index (κ3) is 4.99. The summed E-state index contributed by atoms with van der Waals surface area (Å²) in [5.74, 6) is 0.459. The quantitative estimate of drug-likeness (QED) is 0.508. The summed E-state index contributed by atoms with van der Waals surface area (Å²) in [5, 5.41) is 0.457. The zero-order valence-corrected chi connectivity index (χ0v) is 19.9. The lowest BCUT2D eigenvalue weighted by Gasteiger charge is -2.31. The first-order valence-corrected chi connectivity index (χ1v) is 12.6. The van der Waals surface area contributed by atoms with Crippen molar-refractivity contribution in [1.82, 2.24) is 4.90 Å². The molecule has 1 N–H and O–H groups in total. The van der Waals surface area contributed by atoms with Crippen LogP contribution in [0.5, 0.6) is 5.75 Å². The molecule has 2 atom stereocenters. The number of carbonyl (C=O) groups is 1. The number of carbonyl (C=O) groups excluding carboxylic acids is 1. The van der Waals surface area contributed by atoms with Crippen molar-refractivity contribution >= 4 is 33.2 Å². The van der Waals surface area contributed by atoms with Crippen LogP contribution in [-0.4, -0.2) is 25.3 Å². The van der Waals surface area contributed by atoms with E-state index in [4.69, 9.17) is 16.3 Å². The van der Waals surface area contributed by atoms with Crippen molar-refractivity contribution in [2.24, 2.45) is 0 Å². The summed E-state index contributed by atoms with van der Waals surface area (Å²) < 4.78 is 34.2. The van der Waals surface area contributed by atoms with E-state index in [-0.39, 0.29) is 16.8 Å². The Morgan fingerprint density at radius 3 is 2.45 bits per heavy atom. The van der Waals surface area contributed by atoms with E-state index < -0.39 is 16.1 Å². The number of sulfonamides is 1. The van der Waals surface area contributed by atoms with Crippen LogP contribution in [0.3, 0.4) is 0 Å². The number of fused-ring (bicyclic) bond motifs is 1. The molecule has 4 rings (SSSR count). The SMILES string of the molecule is CC[C@H](c1ccccc1)N1Cc2cc(NS(=O)(=O)c3ccc(Cl)cc3)ccc2O[C@@H](C)C1=O. The van der Waals surface area contributed by atoms with Gasteiger partial charge in [-0.05, 0) is 61.4 Å². The van der Waals surface area contributed by atoms with E-state index in [0.717, 1.165) is 17.5 Å². The summed E-state index contributed by atoms with van der Waals surface area (Å²) in [6.07, 6.45) is 0.0846. The van der Waals surface area contributed by atoms with E-state index in [1.54, 1.807) is 25.1 Å². The number of ether oxygens (including phenoxy) is 1. The topological polar surface area (TPSA) is 75.7 Å². The fourth-order valence-corrected chi connectivity index (χ4v) is 5.20. The van der Waals surface area contributed by atoms with Gasteiger partial charge in [-0.2, -0.15) is 0 Å². The van der Waals surface area contributed by atoms with Gasteiger partial charge in [0.25, 0.3) is 15.9 Å². The molecule has 0 fully saturated rings. The molecule has 6 nitrogen and oxygen atoms in total. The Hall–Kier alpha value is -3.03. The van der Waals surface area contributed by atoms with Crippen LogP contribution in [-0.2, 0) is 21.4 Å². The number of halogens is 1. The van der Waals surface area contributed by atoms with Gasteiger partial charge >= 0.3 is 0 Å². The van der Waals surface area contributed by atoms with Gasteiger partial charge in [0.2, 0.25) is 0 Å². The summed E-state index contributed by atoms with van der Waals surface area (Å²) in [4.78, 5) is 15.1. The third-order valence-corrected chi connectivity index (χ3v) is 7.31. The summed E-state index contributed by atoms with van der Waals surface area (Å²) in [7, 11) is -3.79. The molecule has 0 unspecified atom stereocenters. The Balaban J connectivity index is 1.66. The Morgan fingerprint density at radius 2 is 1.79 bits per heavy atom. The Morgan fingerprint density at radius 1 is 1.09 bits per heavy atom. The van der Waals surface area contributed by atoms with E-state index in [0.29, 0.717) is 23.0 Å². The highest BCUT2D eigenvalue weighted by molar-refractivity contribution is 7.92. The number of benzene rings is 3. The van der Waals surface area contributed by atoms with Crippen molar-refractivity contribution in [3.05, 3.63) is 88.9 Å². The molecular formula is C25H25ClN2O4S. The smallest absolute Gasteiger partial charge is 0.264 e. The van der Waals surface area contributed by atoms with Crippen molar-refractivity contribution < 1.29 is 17.9 Å². The molecule has 0 aromatic heterocycles.